The van der Waals surface area contributed by atoms with Gasteiger partial charge in [0.05, 0.1) is 11.2 Å². The molecule has 1 aromatic rings. The van der Waals surface area contributed by atoms with Crippen molar-refractivity contribution in [3.05, 3.63) is 28.8 Å². The van der Waals surface area contributed by atoms with Gasteiger partial charge in [0.1, 0.15) is 5.75 Å². The molecule has 0 amide bonds. The molecule has 5 nitrogen and oxygen atoms in total. The van der Waals surface area contributed by atoms with Gasteiger partial charge in [0.15, 0.2) is 0 Å². The first-order valence-electron chi connectivity index (χ1n) is 3.71. The molecular formula is C8H10Cl2N4O. The standard InChI is InChI=1S/C8H9ClN4O.ClH/c9-6-3-5(1-2-7(6)14)4-12-13-8(10)11;/h1-4,14H,(H4,10,11,13);1H/b12-4+;. The first kappa shape index (κ1) is 13.5. The lowest BCUT2D eigenvalue weighted by Crippen LogP contribution is -2.25. The SMILES string of the molecule is Cl.N=C(N)N/N=C/c1ccc(O)c(Cl)c1. The van der Waals surface area contributed by atoms with Crippen LogP contribution in [0.4, 0.5) is 0 Å². The van der Waals surface area contributed by atoms with E-state index in [1.807, 2.05) is 0 Å². The Morgan fingerprint density at radius 2 is 2.27 bits per heavy atom. The summed E-state index contributed by atoms with van der Waals surface area (Å²) < 4.78 is 0. The zero-order valence-electron chi connectivity index (χ0n) is 7.57. The lowest BCUT2D eigenvalue weighted by atomic mass is 10.2. The molecule has 0 aliphatic carbocycles. The van der Waals surface area contributed by atoms with Crippen LogP contribution in [-0.2, 0) is 0 Å². The second-order valence-corrected chi connectivity index (χ2v) is 2.90. The van der Waals surface area contributed by atoms with Crippen LogP contribution in [0.3, 0.4) is 0 Å². The maximum Gasteiger partial charge on any atom is 0.206 e. The number of phenolic OH excluding ortho intramolecular Hbond substituents is 1. The quantitative estimate of drug-likeness (QED) is 0.361. The number of hydrogen-bond donors (Lipinski definition) is 4. The number of guanidine groups is 1. The normalized spacial score (nSPS) is 9.67. The zero-order valence-corrected chi connectivity index (χ0v) is 9.14. The predicted molar refractivity (Wildman–Crippen MR) is 63.0 cm³/mol. The maximum absolute atomic E-state index is 9.11. The minimum atomic E-state index is -0.244. The van der Waals surface area contributed by atoms with Gasteiger partial charge in [-0.3, -0.25) is 5.41 Å². The largest absolute Gasteiger partial charge is 0.506 e. The maximum atomic E-state index is 9.11. The van der Waals surface area contributed by atoms with Crippen LogP contribution in [0.1, 0.15) is 5.56 Å². The summed E-state index contributed by atoms with van der Waals surface area (Å²) in [6, 6.07) is 4.63. The Labute approximate surface area is 97.9 Å². The van der Waals surface area contributed by atoms with E-state index in [9.17, 15) is 0 Å². The van der Waals surface area contributed by atoms with Crippen molar-refractivity contribution in [2.45, 2.75) is 0 Å². The second kappa shape index (κ2) is 6.10. The van der Waals surface area contributed by atoms with Crippen LogP contribution in [-0.4, -0.2) is 17.3 Å². The third-order valence-electron chi connectivity index (χ3n) is 1.37. The molecule has 1 rings (SSSR count). The van der Waals surface area contributed by atoms with Crippen LogP contribution in [0.2, 0.25) is 5.02 Å². The van der Waals surface area contributed by atoms with E-state index in [1.54, 1.807) is 12.1 Å². The number of hydrogen-bond acceptors (Lipinski definition) is 3. The van der Waals surface area contributed by atoms with Gasteiger partial charge in [-0.2, -0.15) is 5.10 Å². The van der Waals surface area contributed by atoms with E-state index in [4.69, 9.17) is 27.9 Å². The molecule has 5 N–H and O–H groups in total. The second-order valence-electron chi connectivity index (χ2n) is 2.49. The van der Waals surface area contributed by atoms with Crippen LogP contribution < -0.4 is 11.2 Å². The molecule has 0 fully saturated rings. The molecule has 1 aromatic carbocycles. The lowest BCUT2D eigenvalue weighted by Gasteiger charge is -1.98. The van der Waals surface area contributed by atoms with Gasteiger partial charge >= 0.3 is 0 Å². The Morgan fingerprint density at radius 1 is 1.60 bits per heavy atom. The average Bonchev–Trinajstić information content (AvgIpc) is 2.10. The molecule has 0 aliphatic heterocycles. The van der Waals surface area contributed by atoms with Crippen LogP contribution in [0.15, 0.2) is 23.3 Å². The van der Waals surface area contributed by atoms with Gasteiger partial charge in [0.25, 0.3) is 0 Å². The topological polar surface area (TPSA) is 94.5 Å². The van der Waals surface area contributed by atoms with Crippen molar-refractivity contribution in [3.63, 3.8) is 0 Å². The van der Waals surface area contributed by atoms with Crippen LogP contribution in [0.5, 0.6) is 5.75 Å². The Balaban J connectivity index is 0.00000196. The summed E-state index contributed by atoms with van der Waals surface area (Å²) in [4.78, 5) is 0. The molecule has 0 bridgehead atoms. The average molecular weight is 249 g/mol. The Bertz CT molecular complexity index is 381. The van der Waals surface area contributed by atoms with E-state index < -0.39 is 0 Å². The number of halogens is 2. The Kier molecular flexibility index (Phi) is 5.51. The number of nitrogens with one attached hydrogen (secondary N) is 2. The molecule has 0 aliphatic rings. The van der Waals surface area contributed by atoms with E-state index in [0.717, 1.165) is 0 Å². The molecule has 7 heteroatoms. The van der Waals surface area contributed by atoms with Crippen molar-refractivity contribution in [1.29, 1.82) is 5.41 Å². The number of nitrogens with zero attached hydrogens (tertiary/aromatic N) is 1. The van der Waals surface area contributed by atoms with Gasteiger partial charge in [-0.05, 0) is 23.8 Å². The molecule has 0 atom stereocenters. The van der Waals surface area contributed by atoms with E-state index >= 15 is 0 Å². The summed E-state index contributed by atoms with van der Waals surface area (Å²) in [6.07, 6.45) is 1.44. The number of benzene rings is 1. The summed E-state index contributed by atoms with van der Waals surface area (Å²) in [5.41, 5.74) is 7.95. The Morgan fingerprint density at radius 3 is 2.80 bits per heavy atom. The molecule has 0 radical (unpaired) electrons. The smallest absolute Gasteiger partial charge is 0.206 e. The van der Waals surface area contributed by atoms with Crippen molar-refractivity contribution in [2.75, 3.05) is 0 Å². The summed E-state index contributed by atoms with van der Waals surface area (Å²) in [7, 11) is 0. The molecule has 0 heterocycles. The molecule has 82 valence electrons. The van der Waals surface area contributed by atoms with E-state index in [2.05, 4.69) is 10.5 Å². The van der Waals surface area contributed by atoms with Crippen molar-refractivity contribution in [3.8, 4) is 5.75 Å². The predicted octanol–water partition coefficient (Wildman–Crippen LogP) is 1.28. The summed E-state index contributed by atoms with van der Waals surface area (Å²) in [5.74, 6) is -0.227. The van der Waals surface area contributed by atoms with Gasteiger partial charge in [-0.1, -0.05) is 11.6 Å². The lowest BCUT2D eigenvalue weighted by molar-refractivity contribution is 0.475. The van der Waals surface area contributed by atoms with E-state index in [1.165, 1.54) is 12.3 Å². The Hall–Kier alpha value is -1.46. The van der Waals surface area contributed by atoms with Crippen LogP contribution in [0.25, 0.3) is 0 Å². The highest BCUT2D eigenvalue weighted by Gasteiger charge is 1.97. The van der Waals surface area contributed by atoms with Crippen molar-refractivity contribution in [1.82, 2.24) is 5.43 Å². The van der Waals surface area contributed by atoms with Crippen LogP contribution >= 0.6 is 24.0 Å². The first-order chi connectivity index (χ1) is 6.59. The van der Waals surface area contributed by atoms with Crippen molar-refractivity contribution in [2.24, 2.45) is 10.8 Å². The summed E-state index contributed by atoms with van der Waals surface area (Å²) >= 11 is 5.66. The zero-order chi connectivity index (χ0) is 10.6. The van der Waals surface area contributed by atoms with Gasteiger partial charge in [-0.15, -0.1) is 12.4 Å². The van der Waals surface area contributed by atoms with Gasteiger partial charge < -0.3 is 10.8 Å². The monoisotopic (exact) mass is 248 g/mol. The fourth-order valence-electron chi connectivity index (χ4n) is 0.780. The highest BCUT2D eigenvalue weighted by molar-refractivity contribution is 6.32. The van der Waals surface area contributed by atoms with Gasteiger partial charge in [0.2, 0.25) is 5.96 Å². The molecule has 0 saturated heterocycles. The minimum absolute atomic E-state index is 0. The highest BCUT2D eigenvalue weighted by Crippen LogP contribution is 2.22. The summed E-state index contributed by atoms with van der Waals surface area (Å²) in [5, 5.41) is 19.8. The molecule has 0 saturated carbocycles. The number of phenols is 1. The van der Waals surface area contributed by atoms with Crippen molar-refractivity contribution >= 4 is 36.2 Å². The first-order valence-corrected chi connectivity index (χ1v) is 4.09. The molecule has 0 aromatic heterocycles. The molecular weight excluding hydrogens is 239 g/mol. The van der Waals surface area contributed by atoms with Gasteiger partial charge in [0, 0.05) is 0 Å². The van der Waals surface area contributed by atoms with Crippen molar-refractivity contribution < 1.29 is 5.11 Å². The number of hydrazone groups is 1. The number of aromatic hydroxyl groups is 1. The minimum Gasteiger partial charge on any atom is -0.506 e. The van der Waals surface area contributed by atoms with E-state index in [0.29, 0.717) is 5.56 Å². The third kappa shape index (κ3) is 4.53. The fraction of sp³-hybridized carbons (Fsp3) is 0. The highest BCUT2D eigenvalue weighted by atomic mass is 35.5. The van der Waals surface area contributed by atoms with Gasteiger partial charge in [-0.25, -0.2) is 5.43 Å². The number of nitrogens with two attached hydrogens (primary N) is 1. The number of rotatable bonds is 2. The molecule has 0 unspecified atom stereocenters. The third-order valence-corrected chi connectivity index (χ3v) is 1.67. The molecule has 0 spiro atoms. The summed E-state index contributed by atoms with van der Waals surface area (Å²) in [6.45, 7) is 0. The van der Waals surface area contributed by atoms with E-state index in [-0.39, 0.29) is 29.1 Å². The van der Waals surface area contributed by atoms with Crippen LogP contribution in [0, 0.1) is 5.41 Å². The molecule has 15 heavy (non-hydrogen) atoms. The fourth-order valence-corrected chi connectivity index (χ4v) is 0.969.